The van der Waals surface area contributed by atoms with Gasteiger partial charge in [-0.1, -0.05) is 24.3 Å². The number of aryl methyl sites for hydroxylation is 1. The molecule has 0 radical (unpaired) electrons. The molecule has 1 aliphatic rings. The van der Waals surface area contributed by atoms with Crippen LogP contribution in [0.1, 0.15) is 40.0 Å². The summed E-state index contributed by atoms with van der Waals surface area (Å²) < 4.78 is 0. The highest BCUT2D eigenvalue weighted by atomic mass is 16.2. The van der Waals surface area contributed by atoms with Gasteiger partial charge >= 0.3 is 0 Å². The average molecular weight is 376 g/mol. The molecule has 3 heterocycles. The molecule has 1 fully saturated rings. The molecule has 0 bridgehead atoms. The Morgan fingerprint density at radius 2 is 2.00 bits per heavy atom. The van der Waals surface area contributed by atoms with Crippen LogP contribution in [0.4, 0.5) is 0 Å². The van der Waals surface area contributed by atoms with E-state index >= 15 is 0 Å². The highest BCUT2D eigenvalue weighted by Crippen LogP contribution is 2.26. The van der Waals surface area contributed by atoms with Crippen molar-refractivity contribution in [3.63, 3.8) is 0 Å². The van der Waals surface area contributed by atoms with Crippen LogP contribution in [0.3, 0.4) is 0 Å². The predicted octanol–water partition coefficient (Wildman–Crippen LogP) is 2.60. The Morgan fingerprint density at radius 3 is 2.71 bits per heavy atom. The number of pyridine rings is 1. The van der Waals surface area contributed by atoms with E-state index in [0.717, 1.165) is 42.3 Å². The number of aromatic amines is 1. The molecule has 144 valence electrons. The summed E-state index contributed by atoms with van der Waals surface area (Å²) >= 11 is 0. The minimum absolute atomic E-state index is 0.0544. The van der Waals surface area contributed by atoms with Crippen molar-refractivity contribution in [2.24, 2.45) is 0 Å². The van der Waals surface area contributed by atoms with Gasteiger partial charge in [-0.15, -0.1) is 0 Å². The molecule has 1 aliphatic heterocycles. The van der Waals surface area contributed by atoms with E-state index < -0.39 is 0 Å². The molecule has 1 atom stereocenters. The second kappa shape index (κ2) is 8.31. The van der Waals surface area contributed by atoms with Gasteiger partial charge in [0.1, 0.15) is 5.82 Å². The van der Waals surface area contributed by atoms with Crippen LogP contribution in [0, 0.1) is 6.92 Å². The van der Waals surface area contributed by atoms with Gasteiger partial charge in [0.15, 0.2) is 5.82 Å². The summed E-state index contributed by atoms with van der Waals surface area (Å²) in [6.07, 6.45) is 4.45. The van der Waals surface area contributed by atoms with Crippen molar-refractivity contribution < 1.29 is 4.79 Å². The lowest BCUT2D eigenvalue weighted by atomic mass is 10.1. The first kappa shape index (κ1) is 18.3. The molecule has 0 spiro atoms. The van der Waals surface area contributed by atoms with Gasteiger partial charge in [0.2, 0.25) is 0 Å². The molecule has 3 aromatic rings. The van der Waals surface area contributed by atoms with E-state index in [1.165, 1.54) is 0 Å². The van der Waals surface area contributed by atoms with Gasteiger partial charge in [0.05, 0.1) is 6.04 Å². The van der Waals surface area contributed by atoms with Crippen molar-refractivity contribution >= 4 is 5.91 Å². The van der Waals surface area contributed by atoms with Gasteiger partial charge in [0, 0.05) is 44.1 Å². The first-order valence-electron chi connectivity index (χ1n) is 9.57. The number of carbonyl (C=O) groups is 1. The standard InChI is InChI=1S/C21H24N6O/c1-16-23-20(25-24-16)19-9-11-26(21(28)18-7-3-2-4-8-18)12-13-27(19)15-17-6-5-10-22-14-17/h2-8,10,14,19H,9,11-13,15H2,1H3,(H,23,24,25). The minimum Gasteiger partial charge on any atom is -0.337 e. The number of benzene rings is 1. The summed E-state index contributed by atoms with van der Waals surface area (Å²) in [5.41, 5.74) is 1.87. The van der Waals surface area contributed by atoms with Crippen LogP contribution in [0.25, 0.3) is 0 Å². The molecule has 4 rings (SSSR count). The molecule has 7 heteroatoms. The lowest BCUT2D eigenvalue weighted by Gasteiger charge is -2.27. The van der Waals surface area contributed by atoms with Gasteiger partial charge in [-0.2, -0.15) is 5.10 Å². The number of aromatic nitrogens is 4. The molecule has 1 aromatic carbocycles. The third-order valence-corrected chi connectivity index (χ3v) is 5.10. The van der Waals surface area contributed by atoms with Gasteiger partial charge in [-0.25, -0.2) is 4.98 Å². The number of nitrogens with zero attached hydrogens (tertiary/aromatic N) is 5. The molecule has 28 heavy (non-hydrogen) atoms. The Bertz CT molecular complexity index is 911. The third kappa shape index (κ3) is 4.09. The fraction of sp³-hybridized carbons (Fsp3) is 0.333. The Hall–Kier alpha value is -3.06. The topological polar surface area (TPSA) is 78.0 Å². The molecule has 1 saturated heterocycles. The zero-order chi connectivity index (χ0) is 19.3. The highest BCUT2D eigenvalue weighted by molar-refractivity contribution is 5.94. The second-order valence-corrected chi connectivity index (χ2v) is 7.07. The molecule has 1 unspecified atom stereocenters. The number of H-pyrrole nitrogens is 1. The van der Waals surface area contributed by atoms with Crippen LogP contribution in [-0.4, -0.2) is 55.5 Å². The maximum atomic E-state index is 12.9. The van der Waals surface area contributed by atoms with Gasteiger partial charge in [-0.05, 0) is 37.1 Å². The van der Waals surface area contributed by atoms with Crippen LogP contribution < -0.4 is 0 Å². The summed E-state index contributed by atoms with van der Waals surface area (Å²) in [4.78, 5) is 26.0. The maximum absolute atomic E-state index is 12.9. The number of hydrogen-bond acceptors (Lipinski definition) is 5. The second-order valence-electron chi connectivity index (χ2n) is 7.07. The van der Waals surface area contributed by atoms with Crippen LogP contribution >= 0.6 is 0 Å². The predicted molar refractivity (Wildman–Crippen MR) is 105 cm³/mol. The molecule has 7 nitrogen and oxygen atoms in total. The molecule has 0 aliphatic carbocycles. The van der Waals surface area contributed by atoms with Crippen molar-refractivity contribution in [3.8, 4) is 0 Å². The van der Waals surface area contributed by atoms with Crippen molar-refractivity contribution in [2.75, 3.05) is 19.6 Å². The van der Waals surface area contributed by atoms with Crippen molar-refractivity contribution in [1.29, 1.82) is 0 Å². The zero-order valence-corrected chi connectivity index (χ0v) is 16.0. The van der Waals surface area contributed by atoms with Crippen LogP contribution in [0.5, 0.6) is 0 Å². The number of nitrogens with one attached hydrogen (secondary N) is 1. The number of amides is 1. The Labute approximate surface area is 164 Å². The monoisotopic (exact) mass is 376 g/mol. The van der Waals surface area contributed by atoms with E-state index in [4.69, 9.17) is 0 Å². The average Bonchev–Trinajstić information content (AvgIpc) is 3.05. The van der Waals surface area contributed by atoms with E-state index in [9.17, 15) is 4.79 Å². The highest BCUT2D eigenvalue weighted by Gasteiger charge is 2.30. The summed E-state index contributed by atoms with van der Waals surface area (Å²) in [5.74, 6) is 1.67. The minimum atomic E-state index is 0.0544. The molecular weight excluding hydrogens is 352 g/mol. The van der Waals surface area contributed by atoms with Gasteiger partial charge < -0.3 is 4.90 Å². The smallest absolute Gasteiger partial charge is 0.253 e. The molecular formula is C21H24N6O. The first-order chi connectivity index (χ1) is 13.7. The van der Waals surface area contributed by atoms with E-state index in [1.807, 2.05) is 54.4 Å². The lowest BCUT2D eigenvalue weighted by Crippen LogP contribution is -2.35. The largest absolute Gasteiger partial charge is 0.337 e. The normalized spacial score (nSPS) is 18.0. The van der Waals surface area contributed by atoms with Crippen LogP contribution in [0.15, 0.2) is 54.9 Å². The summed E-state index contributed by atoms with van der Waals surface area (Å²) in [5, 5.41) is 7.35. The quantitative estimate of drug-likeness (QED) is 0.757. The Balaban J connectivity index is 1.56. The fourth-order valence-electron chi connectivity index (χ4n) is 3.66. The van der Waals surface area contributed by atoms with E-state index in [0.29, 0.717) is 13.1 Å². The van der Waals surface area contributed by atoms with Crippen molar-refractivity contribution in [1.82, 2.24) is 30.0 Å². The Kier molecular flexibility index (Phi) is 5.43. The van der Waals surface area contributed by atoms with Crippen molar-refractivity contribution in [2.45, 2.75) is 25.9 Å². The zero-order valence-electron chi connectivity index (χ0n) is 16.0. The summed E-state index contributed by atoms with van der Waals surface area (Å²) in [6, 6.07) is 13.6. The van der Waals surface area contributed by atoms with Gasteiger partial charge in [0.25, 0.3) is 5.91 Å². The summed E-state index contributed by atoms with van der Waals surface area (Å²) in [6.45, 7) is 4.76. The number of rotatable bonds is 4. The van der Waals surface area contributed by atoms with E-state index in [1.54, 1.807) is 6.20 Å². The van der Waals surface area contributed by atoms with Crippen LogP contribution in [-0.2, 0) is 6.54 Å². The van der Waals surface area contributed by atoms with E-state index in [2.05, 4.69) is 31.1 Å². The SMILES string of the molecule is Cc1nc(C2CCN(C(=O)c3ccccc3)CCN2Cc2cccnc2)n[nH]1. The molecule has 0 saturated carbocycles. The Morgan fingerprint density at radius 1 is 1.14 bits per heavy atom. The molecule has 1 amide bonds. The van der Waals surface area contributed by atoms with Crippen molar-refractivity contribution in [3.05, 3.63) is 77.6 Å². The number of hydrogen-bond donors (Lipinski definition) is 1. The third-order valence-electron chi connectivity index (χ3n) is 5.10. The van der Waals surface area contributed by atoms with Gasteiger partial charge in [-0.3, -0.25) is 19.8 Å². The molecule has 2 aromatic heterocycles. The fourth-order valence-corrected chi connectivity index (χ4v) is 3.66. The lowest BCUT2D eigenvalue weighted by molar-refractivity contribution is 0.0761. The number of carbonyl (C=O) groups excluding carboxylic acids is 1. The maximum Gasteiger partial charge on any atom is 0.253 e. The summed E-state index contributed by atoms with van der Waals surface area (Å²) in [7, 11) is 0. The first-order valence-corrected chi connectivity index (χ1v) is 9.57. The van der Waals surface area contributed by atoms with Crippen LogP contribution in [0.2, 0.25) is 0 Å². The molecule has 1 N–H and O–H groups in total. The van der Waals surface area contributed by atoms with E-state index in [-0.39, 0.29) is 11.9 Å².